The molecule has 1 aromatic rings. The van der Waals surface area contributed by atoms with Gasteiger partial charge in [-0.2, -0.15) is 0 Å². The highest BCUT2D eigenvalue weighted by Gasteiger charge is 2.33. The van der Waals surface area contributed by atoms with Crippen LogP contribution in [-0.2, 0) is 11.2 Å². The number of H-pyrrole nitrogens is 1. The van der Waals surface area contributed by atoms with Gasteiger partial charge in [0.15, 0.2) is 5.78 Å². The third-order valence-electron chi connectivity index (χ3n) is 6.16. The lowest BCUT2D eigenvalue weighted by atomic mass is 9.93. The number of carbonyl (C=O) groups excluding carboxylic acids is 3. The van der Waals surface area contributed by atoms with Gasteiger partial charge in [0.05, 0.1) is 0 Å². The highest BCUT2D eigenvalue weighted by molar-refractivity contribution is 6.04. The van der Waals surface area contributed by atoms with Gasteiger partial charge in [-0.15, -0.1) is 0 Å². The molecule has 1 N–H and O–H groups in total. The van der Waals surface area contributed by atoms with Gasteiger partial charge in [0.2, 0.25) is 0 Å². The van der Waals surface area contributed by atoms with Crippen LogP contribution in [0, 0.1) is 12.8 Å². The average molecular weight is 432 g/mol. The van der Waals surface area contributed by atoms with Crippen LogP contribution in [-0.4, -0.2) is 63.8 Å². The summed E-state index contributed by atoms with van der Waals surface area (Å²) < 4.78 is 5.59. The highest BCUT2D eigenvalue weighted by atomic mass is 16.6. The molecule has 1 saturated heterocycles. The maximum absolute atomic E-state index is 13.3. The van der Waals surface area contributed by atoms with Crippen molar-refractivity contribution < 1.29 is 19.1 Å². The van der Waals surface area contributed by atoms with E-state index >= 15 is 0 Å². The van der Waals surface area contributed by atoms with Crippen LogP contribution in [0.3, 0.4) is 0 Å². The number of rotatable bonds is 4. The van der Waals surface area contributed by atoms with Gasteiger partial charge in [0.1, 0.15) is 11.3 Å². The van der Waals surface area contributed by atoms with Gasteiger partial charge in [0.25, 0.3) is 5.91 Å². The van der Waals surface area contributed by atoms with Gasteiger partial charge < -0.3 is 19.5 Å². The molecule has 2 amide bonds. The predicted octanol–water partition coefficient (Wildman–Crippen LogP) is 4.34. The number of hydrogen-bond donors (Lipinski definition) is 1. The normalized spacial score (nSPS) is 19.4. The Kier molecular flexibility index (Phi) is 6.82. The van der Waals surface area contributed by atoms with Gasteiger partial charge in [-0.05, 0) is 78.7 Å². The molecule has 0 radical (unpaired) electrons. The first-order valence-corrected chi connectivity index (χ1v) is 11.5. The van der Waals surface area contributed by atoms with E-state index in [-0.39, 0.29) is 29.7 Å². The van der Waals surface area contributed by atoms with Crippen LogP contribution in [0.4, 0.5) is 4.79 Å². The number of likely N-dealkylation sites (tertiary alicyclic amines) is 1. The van der Waals surface area contributed by atoms with Crippen molar-refractivity contribution in [2.75, 3.05) is 19.6 Å². The standard InChI is InChI=1S/C24H37N3O4/c1-15(2)27(23(30)31-24(4,5)6)14-17-9-8-12-26(13-17)22(29)21-16(3)20-18(25-21)10-7-11-19(20)28/h15,17,25H,7-14H2,1-6H3. The molecule has 1 unspecified atom stereocenters. The Bertz CT molecular complexity index is 850. The quantitative estimate of drug-likeness (QED) is 0.769. The van der Waals surface area contributed by atoms with Crippen molar-refractivity contribution in [3.8, 4) is 0 Å². The van der Waals surface area contributed by atoms with Gasteiger partial charge in [-0.3, -0.25) is 9.59 Å². The molecule has 1 aliphatic heterocycles. The van der Waals surface area contributed by atoms with Gasteiger partial charge >= 0.3 is 6.09 Å². The lowest BCUT2D eigenvalue weighted by Crippen LogP contribution is -2.48. The number of carbonyl (C=O) groups is 3. The number of nitrogens with one attached hydrogen (secondary N) is 1. The van der Waals surface area contributed by atoms with E-state index in [1.807, 2.05) is 46.4 Å². The summed E-state index contributed by atoms with van der Waals surface area (Å²) >= 11 is 0. The molecule has 0 spiro atoms. The minimum atomic E-state index is -0.541. The second-order valence-corrected chi connectivity index (χ2v) is 10.2. The van der Waals surface area contributed by atoms with E-state index in [4.69, 9.17) is 4.74 Å². The molecule has 1 aliphatic carbocycles. The second kappa shape index (κ2) is 9.05. The third-order valence-corrected chi connectivity index (χ3v) is 6.16. The van der Waals surface area contributed by atoms with Crippen molar-refractivity contribution in [1.82, 2.24) is 14.8 Å². The van der Waals surface area contributed by atoms with E-state index < -0.39 is 5.60 Å². The summed E-state index contributed by atoms with van der Waals surface area (Å²) in [6, 6.07) is 0.0179. The van der Waals surface area contributed by atoms with E-state index in [0.29, 0.717) is 31.7 Å². The van der Waals surface area contributed by atoms with Gasteiger partial charge in [0, 0.05) is 43.4 Å². The molecule has 1 atom stereocenters. The lowest BCUT2D eigenvalue weighted by molar-refractivity contribution is 0.0123. The monoisotopic (exact) mass is 431 g/mol. The van der Waals surface area contributed by atoms with Crippen LogP contribution in [0.5, 0.6) is 0 Å². The number of aryl methyl sites for hydroxylation is 1. The molecule has 31 heavy (non-hydrogen) atoms. The Hall–Kier alpha value is -2.31. The molecule has 7 nitrogen and oxygen atoms in total. The number of ketones is 1. The molecule has 1 fully saturated rings. The Labute approximate surface area is 185 Å². The summed E-state index contributed by atoms with van der Waals surface area (Å²) in [7, 11) is 0. The molecule has 3 rings (SSSR count). The van der Waals surface area contributed by atoms with E-state index in [1.54, 1.807) is 4.90 Å². The van der Waals surface area contributed by atoms with Crippen molar-refractivity contribution in [2.24, 2.45) is 5.92 Å². The summed E-state index contributed by atoms with van der Waals surface area (Å²) in [6.45, 7) is 13.3. The van der Waals surface area contributed by atoms with E-state index in [1.165, 1.54) is 0 Å². The Balaban J connectivity index is 1.71. The Morgan fingerprint density at radius 3 is 2.55 bits per heavy atom. The largest absolute Gasteiger partial charge is 0.444 e. The van der Waals surface area contributed by atoms with E-state index in [2.05, 4.69) is 4.98 Å². The van der Waals surface area contributed by atoms with Crippen molar-refractivity contribution in [2.45, 2.75) is 85.3 Å². The fraction of sp³-hybridized carbons (Fsp3) is 0.708. The topological polar surface area (TPSA) is 82.7 Å². The number of Topliss-reactive ketones (excluding diaryl/α,β-unsaturated/α-hetero) is 1. The number of piperidine rings is 1. The maximum atomic E-state index is 13.3. The van der Waals surface area contributed by atoms with Crippen molar-refractivity contribution in [3.63, 3.8) is 0 Å². The molecule has 172 valence electrons. The molecular weight excluding hydrogens is 394 g/mol. The Morgan fingerprint density at radius 1 is 1.23 bits per heavy atom. The summed E-state index contributed by atoms with van der Waals surface area (Å²) in [5.74, 6) is 0.285. The van der Waals surface area contributed by atoms with E-state index in [9.17, 15) is 14.4 Å². The zero-order valence-electron chi connectivity index (χ0n) is 19.8. The minimum Gasteiger partial charge on any atom is -0.444 e. The molecule has 0 bridgehead atoms. The zero-order valence-corrected chi connectivity index (χ0v) is 19.8. The first-order chi connectivity index (χ1) is 14.5. The molecule has 7 heteroatoms. The molecule has 1 aromatic heterocycles. The average Bonchev–Trinajstić information content (AvgIpc) is 3.02. The fourth-order valence-electron chi connectivity index (χ4n) is 4.64. The van der Waals surface area contributed by atoms with E-state index in [0.717, 1.165) is 42.5 Å². The molecule has 0 aromatic carbocycles. The van der Waals surface area contributed by atoms with Gasteiger partial charge in [-0.1, -0.05) is 0 Å². The predicted molar refractivity (Wildman–Crippen MR) is 120 cm³/mol. The Morgan fingerprint density at radius 2 is 1.94 bits per heavy atom. The summed E-state index contributed by atoms with van der Waals surface area (Å²) in [5.41, 5.74) is 2.42. The number of ether oxygens (including phenoxy) is 1. The lowest BCUT2D eigenvalue weighted by Gasteiger charge is -2.37. The fourth-order valence-corrected chi connectivity index (χ4v) is 4.64. The van der Waals surface area contributed by atoms with Crippen molar-refractivity contribution in [1.29, 1.82) is 0 Å². The number of nitrogens with zero attached hydrogens (tertiary/aromatic N) is 2. The van der Waals surface area contributed by atoms with Crippen molar-refractivity contribution in [3.05, 3.63) is 22.5 Å². The van der Waals surface area contributed by atoms with Crippen LogP contribution >= 0.6 is 0 Å². The molecule has 0 saturated carbocycles. The summed E-state index contributed by atoms with van der Waals surface area (Å²) in [5, 5.41) is 0. The van der Waals surface area contributed by atoms with Crippen LogP contribution in [0.25, 0.3) is 0 Å². The highest BCUT2D eigenvalue weighted by Crippen LogP contribution is 2.28. The molecule has 2 heterocycles. The van der Waals surface area contributed by atoms with Crippen LogP contribution in [0.1, 0.15) is 92.4 Å². The maximum Gasteiger partial charge on any atom is 0.410 e. The number of hydrogen-bond acceptors (Lipinski definition) is 4. The van der Waals surface area contributed by atoms with Crippen LogP contribution in [0.2, 0.25) is 0 Å². The first kappa shape index (κ1) is 23.4. The van der Waals surface area contributed by atoms with Crippen LogP contribution < -0.4 is 0 Å². The first-order valence-electron chi connectivity index (χ1n) is 11.5. The second-order valence-electron chi connectivity index (χ2n) is 10.2. The molecular formula is C24H37N3O4. The van der Waals surface area contributed by atoms with Crippen LogP contribution in [0.15, 0.2) is 0 Å². The zero-order chi connectivity index (χ0) is 22.9. The smallest absolute Gasteiger partial charge is 0.410 e. The number of aromatic nitrogens is 1. The molecule has 2 aliphatic rings. The number of fused-ring (bicyclic) bond motifs is 1. The number of amides is 2. The van der Waals surface area contributed by atoms with Gasteiger partial charge in [-0.25, -0.2) is 4.79 Å². The summed E-state index contributed by atoms with van der Waals surface area (Å²) in [4.78, 5) is 45.2. The van der Waals surface area contributed by atoms with Crippen molar-refractivity contribution >= 4 is 17.8 Å². The third kappa shape index (κ3) is 5.31. The number of aromatic amines is 1. The summed E-state index contributed by atoms with van der Waals surface area (Å²) in [6.07, 6.45) is 3.76. The SMILES string of the molecule is Cc1c(C(=O)N2CCCC(CN(C(=O)OC(C)(C)C)C(C)C)C2)[nH]c2c1C(=O)CCC2. The minimum absolute atomic E-state index is 0.0179.